The predicted octanol–water partition coefficient (Wildman–Crippen LogP) is 4.59. The normalized spacial score (nSPS) is 12.9. The van der Waals surface area contributed by atoms with Crippen LogP contribution in [-0.2, 0) is 4.79 Å². The SMILES string of the molecule is CCC(/C=C(\C)c1n[nH]c(=S)n1-c1ccc(NC(C)=O)cc1)=C(O)/C=C/O. The number of rotatable bonds is 6. The van der Waals surface area contributed by atoms with Crippen LogP contribution in [0.4, 0.5) is 5.69 Å². The highest BCUT2D eigenvalue weighted by molar-refractivity contribution is 7.71. The Morgan fingerprint density at radius 3 is 2.56 bits per heavy atom. The van der Waals surface area contributed by atoms with E-state index >= 15 is 0 Å². The molecule has 142 valence electrons. The Labute approximate surface area is 162 Å². The standard InChI is InChI=1S/C19H22N4O3S/c1-4-14(17(26)9-10-24)11-12(2)18-21-22-19(27)23(18)16-7-5-15(6-8-16)20-13(3)25/h5-11,24,26H,4H2,1-3H3,(H,20,25)(H,22,27)/b10-9+,12-11+,17-14+. The number of allylic oxidation sites excluding steroid dienone is 4. The number of hydrogen-bond acceptors (Lipinski definition) is 5. The number of amides is 1. The summed E-state index contributed by atoms with van der Waals surface area (Å²) in [5.41, 5.74) is 2.90. The minimum Gasteiger partial charge on any atom is -0.515 e. The fourth-order valence-corrected chi connectivity index (χ4v) is 2.80. The summed E-state index contributed by atoms with van der Waals surface area (Å²) in [6, 6.07) is 7.22. The number of carbonyl (C=O) groups is 1. The number of H-pyrrole nitrogens is 1. The van der Waals surface area contributed by atoms with Crippen LogP contribution < -0.4 is 5.32 Å². The lowest BCUT2D eigenvalue weighted by atomic mass is 10.1. The summed E-state index contributed by atoms with van der Waals surface area (Å²) in [7, 11) is 0. The molecule has 1 aromatic heterocycles. The number of aliphatic hydroxyl groups excluding tert-OH is 2. The Morgan fingerprint density at radius 2 is 2.00 bits per heavy atom. The first-order chi connectivity index (χ1) is 12.9. The van der Waals surface area contributed by atoms with Gasteiger partial charge in [-0.3, -0.25) is 14.5 Å². The number of aliphatic hydroxyl groups is 2. The highest BCUT2D eigenvalue weighted by Crippen LogP contribution is 2.22. The van der Waals surface area contributed by atoms with Crippen LogP contribution in [0.1, 0.15) is 33.0 Å². The van der Waals surface area contributed by atoms with E-state index in [-0.39, 0.29) is 11.7 Å². The van der Waals surface area contributed by atoms with Gasteiger partial charge in [-0.15, -0.1) is 0 Å². The lowest BCUT2D eigenvalue weighted by Gasteiger charge is -2.09. The van der Waals surface area contributed by atoms with Crippen molar-refractivity contribution in [2.75, 3.05) is 5.32 Å². The fraction of sp³-hybridized carbons (Fsp3) is 0.211. The topological polar surface area (TPSA) is 103 Å². The number of anilines is 1. The predicted molar refractivity (Wildman–Crippen MR) is 108 cm³/mol. The van der Waals surface area contributed by atoms with Crippen molar-refractivity contribution in [3.8, 4) is 5.69 Å². The minimum atomic E-state index is -0.141. The Hall–Kier alpha value is -3.13. The van der Waals surface area contributed by atoms with Crippen molar-refractivity contribution in [1.29, 1.82) is 0 Å². The zero-order valence-corrected chi connectivity index (χ0v) is 16.2. The average Bonchev–Trinajstić information content (AvgIpc) is 3.01. The van der Waals surface area contributed by atoms with Crippen LogP contribution in [0.15, 0.2) is 54.0 Å². The third kappa shape index (κ3) is 4.95. The van der Waals surface area contributed by atoms with Crippen LogP contribution in [0.5, 0.6) is 0 Å². The number of aromatic amines is 1. The van der Waals surface area contributed by atoms with E-state index in [1.807, 2.05) is 26.0 Å². The Morgan fingerprint density at radius 1 is 1.33 bits per heavy atom. The van der Waals surface area contributed by atoms with Crippen molar-refractivity contribution < 1.29 is 15.0 Å². The number of benzene rings is 1. The van der Waals surface area contributed by atoms with E-state index in [0.717, 1.165) is 17.5 Å². The Balaban J connectivity index is 2.47. The average molecular weight is 386 g/mol. The van der Waals surface area contributed by atoms with Gasteiger partial charge in [0.1, 0.15) is 5.76 Å². The molecule has 0 saturated carbocycles. The molecular weight excluding hydrogens is 364 g/mol. The van der Waals surface area contributed by atoms with Crippen molar-refractivity contribution in [2.24, 2.45) is 0 Å². The second-order valence-electron chi connectivity index (χ2n) is 5.82. The molecule has 8 heteroatoms. The summed E-state index contributed by atoms with van der Waals surface area (Å²) >= 11 is 5.35. The fourth-order valence-electron chi connectivity index (χ4n) is 2.56. The molecule has 1 aromatic carbocycles. The van der Waals surface area contributed by atoms with E-state index in [9.17, 15) is 9.90 Å². The van der Waals surface area contributed by atoms with Gasteiger partial charge >= 0.3 is 0 Å². The smallest absolute Gasteiger partial charge is 0.221 e. The molecule has 0 spiro atoms. The summed E-state index contributed by atoms with van der Waals surface area (Å²) in [4.78, 5) is 11.2. The molecule has 0 saturated heterocycles. The first-order valence-electron chi connectivity index (χ1n) is 8.34. The van der Waals surface area contributed by atoms with E-state index < -0.39 is 0 Å². The first-order valence-corrected chi connectivity index (χ1v) is 8.75. The molecular formula is C19H22N4O3S. The van der Waals surface area contributed by atoms with Crippen LogP contribution in [0.3, 0.4) is 0 Å². The van der Waals surface area contributed by atoms with E-state index in [2.05, 4.69) is 15.5 Å². The minimum absolute atomic E-state index is 0.0142. The van der Waals surface area contributed by atoms with Crippen LogP contribution in [0.2, 0.25) is 0 Å². The van der Waals surface area contributed by atoms with Gasteiger partial charge < -0.3 is 15.5 Å². The molecule has 0 unspecified atom stereocenters. The quantitative estimate of drug-likeness (QED) is 0.330. The van der Waals surface area contributed by atoms with Gasteiger partial charge in [0.15, 0.2) is 10.6 Å². The molecule has 2 rings (SSSR count). The molecule has 0 aliphatic heterocycles. The van der Waals surface area contributed by atoms with E-state index in [1.165, 1.54) is 13.0 Å². The van der Waals surface area contributed by atoms with Gasteiger partial charge in [0.05, 0.1) is 11.9 Å². The van der Waals surface area contributed by atoms with Gasteiger partial charge in [0, 0.05) is 18.7 Å². The van der Waals surface area contributed by atoms with Gasteiger partial charge in [-0.05, 0) is 67.1 Å². The van der Waals surface area contributed by atoms with Gasteiger partial charge in [0.25, 0.3) is 0 Å². The van der Waals surface area contributed by atoms with E-state index in [1.54, 1.807) is 22.8 Å². The maximum atomic E-state index is 11.2. The highest BCUT2D eigenvalue weighted by atomic mass is 32.1. The van der Waals surface area contributed by atoms with Gasteiger partial charge in [-0.2, -0.15) is 5.10 Å². The number of nitrogens with one attached hydrogen (secondary N) is 2. The second-order valence-corrected chi connectivity index (χ2v) is 6.21. The number of nitrogens with zero attached hydrogens (tertiary/aromatic N) is 2. The van der Waals surface area contributed by atoms with Gasteiger partial charge in [-0.1, -0.05) is 6.92 Å². The first kappa shape index (κ1) is 20.2. The Bertz CT molecular complexity index is 966. The third-order valence-electron chi connectivity index (χ3n) is 3.80. The van der Waals surface area contributed by atoms with Crippen molar-refractivity contribution in [3.05, 3.63) is 64.6 Å². The Kier molecular flexibility index (Phi) is 6.73. The molecule has 7 nitrogen and oxygen atoms in total. The zero-order chi connectivity index (χ0) is 20.0. The maximum Gasteiger partial charge on any atom is 0.221 e. The largest absolute Gasteiger partial charge is 0.515 e. The molecule has 1 heterocycles. The molecule has 1 amide bonds. The van der Waals surface area contributed by atoms with Crippen LogP contribution >= 0.6 is 12.2 Å². The highest BCUT2D eigenvalue weighted by Gasteiger charge is 2.11. The molecule has 0 aliphatic carbocycles. The van der Waals surface area contributed by atoms with Crippen LogP contribution in [-0.4, -0.2) is 30.9 Å². The molecule has 27 heavy (non-hydrogen) atoms. The summed E-state index contributed by atoms with van der Waals surface area (Å²) in [5.74, 6) is 0.441. The molecule has 0 fully saturated rings. The molecule has 2 aromatic rings. The summed E-state index contributed by atoms with van der Waals surface area (Å²) < 4.78 is 2.19. The molecule has 0 aliphatic rings. The lowest BCUT2D eigenvalue weighted by molar-refractivity contribution is -0.114. The van der Waals surface area contributed by atoms with Crippen LogP contribution in [0, 0.1) is 4.77 Å². The zero-order valence-electron chi connectivity index (χ0n) is 15.4. The summed E-state index contributed by atoms with van der Waals surface area (Å²) in [6.07, 6.45) is 4.38. The number of aromatic nitrogens is 3. The third-order valence-corrected chi connectivity index (χ3v) is 4.08. The maximum absolute atomic E-state index is 11.2. The number of hydrogen-bond donors (Lipinski definition) is 4. The van der Waals surface area contributed by atoms with Gasteiger partial charge in [-0.25, -0.2) is 0 Å². The lowest BCUT2D eigenvalue weighted by Crippen LogP contribution is -2.06. The molecule has 0 radical (unpaired) electrons. The summed E-state index contributed by atoms with van der Waals surface area (Å²) in [6.45, 7) is 5.21. The monoisotopic (exact) mass is 386 g/mol. The van der Waals surface area contributed by atoms with E-state index in [0.29, 0.717) is 28.3 Å². The van der Waals surface area contributed by atoms with Gasteiger partial charge in [0.2, 0.25) is 5.91 Å². The second kappa shape index (κ2) is 9.00. The van der Waals surface area contributed by atoms with Crippen molar-refractivity contribution >= 4 is 29.4 Å². The molecule has 0 bridgehead atoms. The molecule has 0 atom stereocenters. The number of carbonyl (C=O) groups excluding carboxylic acids is 1. The van der Waals surface area contributed by atoms with Crippen molar-refractivity contribution in [3.63, 3.8) is 0 Å². The van der Waals surface area contributed by atoms with Crippen molar-refractivity contribution in [1.82, 2.24) is 14.8 Å². The van der Waals surface area contributed by atoms with Crippen LogP contribution in [0.25, 0.3) is 11.3 Å². The van der Waals surface area contributed by atoms with E-state index in [4.69, 9.17) is 17.3 Å². The molecule has 4 N–H and O–H groups in total. The summed E-state index contributed by atoms with van der Waals surface area (Å²) in [5, 5.41) is 28.6. The van der Waals surface area contributed by atoms with Crippen molar-refractivity contribution in [2.45, 2.75) is 27.2 Å².